The van der Waals surface area contributed by atoms with Crippen LogP contribution in [-0.4, -0.2) is 27.8 Å². The van der Waals surface area contributed by atoms with Gasteiger partial charge in [0.1, 0.15) is 12.4 Å². The van der Waals surface area contributed by atoms with E-state index >= 15 is 0 Å². The van der Waals surface area contributed by atoms with Gasteiger partial charge in [0.15, 0.2) is 17.3 Å². The van der Waals surface area contributed by atoms with Gasteiger partial charge in [0.05, 0.1) is 17.4 Å². The highest BCUT2D eigenvalue weighted by atomic mass is 79.9. The highest BCUT2D eigenvalue weighted by molar-refractivity contribution is 9.11. The molecule has 0 fully saturated rings. The normalized spacial score (nSPS) is 13.0. The van der Waals surface area contributed by atoms with Gasteiger partial charge >= 0.3 is 0 Å². The molecule has 1 N–H and O–H groups in total. The largest absolute Gasteiger partial charge is 0.493 e. The third kappa shape index (κ3) is 4.62. The zero-order valence-corrected chi connectivity index (χ0v) is 18.4. The summed E-state index contributed by atoms with van der Waals surface area (Å²) in [4.78, 5) is 13.7. The zero-order chi connectivity index (χ0) is 20.2. The number of fused-ring (bicyclic) bond motifs is 1. The maximum atomic E-state index is 12.6. The summed E-state index contributed by atoms with van der Waals surface area (Å²) in [5.74, 6) is 2.72. The number of amides is 1. The lowest BCUT2D eigenvalue weighted by atomic mass is 10.1. The number of aromatic nitrogens is 3. The summed E-state index contributed by atoms with van der Waals surface area (Å²) < 4.78 is 14.4. The molecule has 152 valence electrons. The molecule has 3 aromatic rings. The highest BCUT2D eigenvalue weighted by Gasteiger charge is 2.17. The molecule has 0 spiro atoms. The summed E-state index contributed by atoms with van der Waals surface area (Å²) in [5, 5.41) is 11.4. The Balaban J connectivity index is 1.40. The van der Waals surface area contributed by atoms with E-state index in [9.17, 15) is 4.79 Å². The molecule has 2 aromatic heterocycles. The number of rotatable bonds is 7. The van der Waals surface area contributed by atoms with Gasteiger partial charge in [-0.05, 0) is 59.1 Å². The molecule has 4 rings (SSSR count). The van der Waals surface area contributed by atoms with Gasteiger partial charge in [-0.3, -0.25) is 4.79 Å². The van der Waals surface area contributed by atoms with Crippen LogP contribution in [0.25, 0.3) is 0 Å². The second-order valence-electron chi connectivity index (χ2n) is 6.68. The number of nitrogens with zero attached hydrogens (tertiary/aromatic N) is 3. The van der Waals surface area contributed by atoms with E-state index in [1.807, 2.05) is 12.1 Å². The molecular formula is C20H21BrN4O3S. The number of hydrogen-bond donors (Lipinski definition) is 1. The van der Waals surface area contributed by atoms with E-state index in [4.69, 9.17) is 9.47 Å². The Bertz CT molecular complexity index is 1020. The molecule has 1 amide bonds. The molecule has 1 aromatic carbocycles. The molecule has 0 radical (unpaired) electrons. The van der Waals surface area contributed by atoms with Crippen molar-refractivity contribution in [3.05, 3.63) is 56.2 Å². The van der Waals surface area contributed by atoms with Gasteiger partial charge in [-0.2, -0.15) is 0 Å². The van der Waals surface area contributed by atoms with Crippen molar-refractivity contribution in [3.63, 3.8) is 0 Å². The van der Waals surface area contributed by atoms with E-state index in [1.165, 1.54) is 0 Å². The lowest BCUT2D eigenvalue weighted by Gasteiger charge is -2.15. The summed E-state index contributed by atoms with van der Waals surface area (Å²) in [6.45, 7) is 1.70. The predicted octanol–water partition coefficient (Wildman–Crippen LogP) is 3.96. The predicted molar refractivity (Wildman–Crippen MR) is 113 cm³/mol. The molecule has 0 aliphatic carbocycles. The van der Waals surface area contributed by atoms with Gasteiger partial charge in [0.2, 0.25) is 0 Å². The fraction of sp³-hybridized carbons (Fsp3) is 0.350. The molecule has 0 saturated carbocycles. The molecule has 3 heterocycles. The lowest BCUT2D eigenvalue weighted by Crippen LogP contribution is -2.25. The summed E-state index contributed by atoms with van der Waals surface area (Å²) in [7, 11) is 1.56. The van der Waals surface area contributed by atoms with E-state index < -0.39 is 0 Å². The number of carbonyl (C=O) groups excluding carboxylic acids is 1. The third-order valence-corrected chi connectivity index (χ3v) is 6.36. The molecule has 0 bridgehead atoms. The Hall–Kier alpha value is -2.39. The van der Waals surface area contributed by atoms with E-state index in [0.717, 1.165) is 46.1 Å². The topological polar surface area (TPSA) is 78.3 Å². The van der Waals surface area contributed by atoms with Gasteiger partial charge in [0.25, 0.3) is 5.91 Å². The molecule has 0 unspecified atom stereocenters. The Labute approximate surface area is 181 Å². The number of thiophene rings is 1. The van der Waals surface area contributed by atoms with Gasteiger partial charge in [-0.1, -0.05) is 0 Å². The van der Waals surface area contributed by atoms with Crippen LogP contribution in [0.4, 0.5) is 0 Å². The van der Waals surface area contributed by atoms with Crippen molar-refractivity contribution in [1.29, 1.82) is 0 Å². The SMILES string of the molecule is COc1cc(C(=O)NCc2nnc3n2CCCC3)ccc1OCc1ccc(Br)s1. The number of hydrogen-bond acceptors (Lipinski definition) is 6. The molecule has 1 aliphatic rings. The fourth-order valence-electron chi connectivity index (χ4n) is 3.27. The van der Waals surface area contributed by atoms with Gasteiger partial charge in [-0.25, -0.2) is 0 Å². The van der Waals surface area contributed by atoms with Crippen LogP contribution >= 0.6 is 27.3 Å². The van der Waals surface area contributed by atoms with Crippen LogP contribution in [0.5, 0.6) is 11.5 Å². The molecule has 9 heteroatoms. The maximum Gasteiger partial charge on any atom is 0.251 e. The first-order valence-corrected chi connectivity index (χ1v) is 11.0. The average molecular weight is 477 g/mol. The van der Waals surface area contributed by atoms with Crippen LogP contribution in [0.15, 0.2) is 34.1 Å². The van der Waals surface area contributed by atoms with Crippen molar-refractivity contribution in [2.45, 2.75) is 39.0 Å². The monoisotopic (exact) mass is 476 g/mol. The average Bonchev–Trinajstić information content (AvgIpc) is 3.36. The number of halogens is 1. The minimum Gasteiger partial charge on any atom is -0.493 e. The van der Waals surface area contributed by atoms with Crippen molar-refractivity contribution in [3.8, 4) is 11.5 Å². The van der Waals surface area contributed by atoms with E-state index in [0.29, 0.717) is 30.2 Å². The van der Waals surface area contributed by atoms with Crippen LogP contribution in [0.1, 0.15) is 39.7 Å². The lowest BCUT2D eigenvalue weighted by molar-refractivity contribution is 0.0949. The van der Waals surface area contributed by atoms with Crippen LogP contribution in [0.3, 0.4) is 0 Å². The highest BCUT2D eigenvalue weighted by Crippen LogP contribution is 2.30. The number of aryl methyl sites for hydroxylation is 1. The van der Waals surface area contributed by atoms with Crippen molar-refractivity contribution in [2.24, 2.45) is 0 Å². The van der Waals surface area contributed by atoms with Gasteiger partial charge in [0, 0.05) is 23.4 Å². The summed E-state index contributed by atoms with van der Waals surface area (Å²) in [5.41, 5.74) is 0.506. The van der Waals surface area contributed by atoms with E-state index in [2.05, 4.69) is 36.0 Å². The number of ether oxygens (including phenoxy) is 2. The summed E-state index contributed by atoms with van der Waals surface area (Å²) >= 11 is 5.06. The standard InChI is InChI=1S/C20H21BrN4O3S/c1-27-16-10-13(5-7-15(16)28-12-14-6-8-17(21)29-14)20(26)22-11-19-24-23-18-4-2-3-9-25(18)19/h5-8,10H,2-4,9,11-12H2,1H3,(H,22,26). The Morgan fingerprint density at radius 2 is 2.14 bits per heavy atom. The Kier molecular flexibility index (Phi) is 6.15. The molecular weight excluding hydrogens is 456 g/mol. The van der Waals surface area contributed by atoms with Crippen molar-refractivity contribution < 1.29 is 14.3 Å². The van der Waals surface area contributed by atoms with Crippen LogP contribution in [0.2, 0.25) is 0 Å². The minimum atomic E-state index is -0.190. The molecule has 0 saturated heterocycles. The number of carbonyl (C=O) groups is 1. The number of benzene rings is 1. The second kappa shape index (κ2) is 8.96. The zero-order valence-electron chi connectivity index (χ0n) is 16.0. The van der Waals surface area contributed by atoms with Crippen molar-refractivity contribution in [1.82, 2.24) is 20.1 Å². The maximum absolute atomic E-state index is 12.6. The Morgan fingerprint density at radius 1 is 1.24 bits per heavy atom. The van der Waals surface area contributed by atoms with E-state index in [-0.39, 0.29) is 5.91 Å². The minimum absolute atomic E-state index is 0.190. The second-order valence-corrected chi connectivity index (χ2v) is 9.23. The van der Waals surface area contributed by atoms with Crippen LogP contribution in [0, 0.1) is 0 Å². The first-order chi connectivity index (χ1) is 14.1. The van der Waals surface area contributed by atoms with E-state index in [1.54, 1.807) is 36.6 Å². The quantitative estimate of drug-likeness (QED) is 0.558. The summed E-state index contributed by atoms with van der Waals surface area (Å²) in [6.07, 6.45) is 3.21. The van der Waals surface area contributed by atoms with Crippen LogP contribution in [-0.2, 0) is 26.1 Å². The molecule has 29 heavy (non-hydrogen) atoms. The molecule has 0 atom stereocenters. The van der Waals surface area contributed by atoms with Crippen LogP contribution < -0.4 is 14.8 Å². The number of methoxy groups -OCH3 is 1. The van der Waals surface area contributed by atoms with Crippen molar-refractivity contribution in [2.75, 3.05) is 7.11 Å². The first-order valence-electron chi connectivity index (χ1n) is 9.38. The van der Waals surface area contributed by atoms with Crippen molar-refractivity contribution >= 4 is 33.2 Å². The Morgan fingerprint density at radius 3 is 2.93 bits per heavy atom. The molecule has 1 aliphatic heterocycles. The molecule has 7 nitrogen and oxygen atoms in total. The van der Waals surface area contributed by atoms with Gasteiger partial charge < -0.3 is 19.4 Å². The summed E-state index contributed by atoms with van der Waals surface area (Å²) in [6, 6.07) is 9.17. The smallest absolute Gasteiger partial charge is 0.251 e. The number of nitrogens with one attached hydrogen (secondary N) is 1. The first kappa shape index (κ1) is 19.9. The fourth-order valence-corrected chi connectivity index (χ4v) is 4.66. The third-order valence-electron chi connectivity index (χ3n) is 4.77. The van der Waals surface area contributed by atoms with Gasteiger partial charge in [-0.15, -0.1) is 21.5 Å².